The topological polar surface area (TPSA) is 102 Å². The van der Waals surface area contributed by atoms with Gasteiger partial charge in [0.15, 0.2) is 0 Å². The van der Waals surface area contributed by atoms with Crippen molar-refractivity contribution in [2.24, 2.45) is 0 Å². The number of carbonyl (C=O) groups excluding carboxylic acids is 1. The quantitative estimate of drug-likeness (QED) is 0.493. The van der Waals surface area contributed by atoms with Crippen LogP contribution in [0.15, 0.2) is 18.2 Å². The van der Waals surface area contributed by atoms with Crippen LogP contribution in [-0.2, 0) is 9.47 Å². The Kier molecular flexibility index (Phi) is 7.58. The average molecular weight is 541 g/mol. The Hall–Kier alpha value is -3.18. The Morgan fingerprint density at radius 3 is 2.68 bits per heavy atom. The number of anilines is 2. The summed E-state index contributed by atoms with van der Waals surface area (Å²) in [5.74, 6) is 1.72. The number of morpholine rings is 1. The first-order valence-electron chi connectivity index (χ1n) is 13.1. The van der Waals surface area contributed by atoms with Gasteiger partial charge in [0.05, 0.1) is 30.5 Å². The third-order valence-electron chi connectivity index (χ3n) is 6.52. The fraction of sp³-hybridized carbons (Fsp3) is 0.556. The van der Waals surface area contributed by atoms with Gasteiger partial charge in [-0.2, -0.15) is 9.97 Å². The molecule has 2 aliphatic rings. The minimum absolute atomic E-state index is 0.0104. The second kappa shape index (κ2) is 10.9. The van der Waals surface area contributed by atoms with E-state index in [0.717, 1.165) is 39.2 Å². The van der Waals surface area contributed by atoms with Crippen LogP contribution in [0, 0.1) is 6.92 Å². The normalized spacial score (nSPS) is 18.5. The summed E-state index contributed by atoms with van der Waals surface area (Å²) < 4.78 is 18.1. The molecule has 2 aliphatic heterocycles. The number of aryl methyl sites for hydroxylation is 1. The minimum Gasteiger partial charge on any atom is -0.480 e. The number of ether oxygens (including phenoxy) is 3. The predicted molar refractivity (Wildman–Crippen MR) is 149 cm³/mol. The molecule has 1 N–H and O–H groups in total. The number of amides is 1. The highest BCUT2D eigenvalue weighted by molar-refractivity contribution is 7.21. The Balaban J connectivity index is 1.51. The van der Waals surface area contributed by atoms with Crippen LogP contribution in [0.1, 0.15) is 39.2 Å². The molecule has 3 aromatic rings. The van der Waals surface area contributed by atoms with Gasteiger partial charge in [-0.25, -0.2) is 9.78 Å². The standard InChI is InChI=1S/C27H36N6O4S/c1-17-8-9-20-19(15-17)29-24(38-20)21-22(30-25(31-23(21)35-5)32-11-13-36-14-12-32)28-18-7-6-10-33(16-18)26(34)37-27(2,3)4/h8-9,15,18H,6-7,10-14,16H2,1-5H3,(H,28,30,31)/t18-/m1/s1. The number of nitrogens with one attached hydrogen (secondary N) is 1. The molecule has 204 valence electrons. The molecule has 0 unspecified atom stereocenters. The summed E-state index contributed by atoms with van der Waals surface area (Å²) in [6.45, 7) is 11.6. The van der Waals surface area contributed by atoms with Crippen molar-refractivity contribution in [2.45, 2.75) is 52.2 Å². The summed E-state index contributed by atoms with van der Waals surface area (Å²) in [5.41, 5.74) is 2.29. The number of hydrogen-bond donors (Lipinski definition) is 1. The molecule has 4 heterocycles. The molecule has 2 fully saturated rings. The van der Waals surface area contributed by atoms with Gasteiger partial charge in [-0.05, 0) is 58.2 Å². The predicted octanol–water partition coefficient (Wildman–Crippen LogP) is 4.72. The maximum absolute atomic E-state index is 12.8. The van der Waals surface area contributed by atoms with Crippen molar-refractivity contribution >= 4 is 39.4 Å². The molecular weight excluding hydrogens is 504 g/mol. The monoisotopic (exact) mass is 540 g/mol. The van der Waals surface area contributed by atoms with Gasteiger partial charge in [0.2, 0.25) is 11.8 Å². The molecule has 1 amide bonds. The maximum Gasteiger partial charge on any atom is 0.410 e. The van der Waals surface area contributed by atoms with Crippen LogP contribution in [-0.4, -0.2) is 84.1 Å². The van der Waals surface area contributed by atoms with E-state index in [0.29, 0.717) is 57.0 Å². The molecule has 38 heavy (non-hydrogen) atoms. The van der Waals surface area contributed by atoms with E-state index in [1.165, 1.54) is 0 Å². The average Bonchev–Trinajstić information content (AvgIpc) is 3.30. The van der Waals surface area contributed by atoms with Crippen LogP contribution in [0.2, 0.25) is 0 Å². The molecule has 1 aromatic carbocycles. The van der Waals surface area contributed by atoms with Gasteiger partial charge in [-0.15, -0.1) is 11.3 Å². The summed E-state index contributed by atoms with van der Waals surface area (Å²) in [5, 5.41) is 4.42. The van der Waals surface area contributed by atoms with E-state index in [2.05, 4.69) is 35.3 Å². The van der Waals surface area contributed by atoms with Crippen LogP contribution in [0.4, 0.5) is 16.6 Å². The van der Waals surface area contributed by atoms with Gasteiger partial charge >= 0.3 is 6.09 Å². The first-order valence-corrected chi connectivity index (χ1v) is 13.9. The fourth-order valence-corrected chi connectivity index (χ4v) is 5.69. The zero-order chi connectivity index (χ0) is 26.9. The number of nitrogens with zero attached hydrogens (tertiary/aromatic N) is 5. The molecule has 5 rings (SSSR count). The number of aromatic nitrogens is 3. The van der Waals surface area contributed by atoms with Crippen LogP contribution < -0.4 is 15.0 Å². The summed E-state index contributed by atoms with van der Waals surface area (Å²) in [6.07, 6.45) is 1.47. The lowest BCUT2D eigenvalue weighted by molar-refractivity contribution is 0.0206. The van der Waals surface area contributed by atoms with E-state index in [1.807, 2.05) is 20.8 Å². The van der Waals surface area contributed by atoms with E-state index < -0.39 is 5.60 Å². The third-order valence-corrected chi connectivity index (χ3v) is 7.58. The van der Waals surface area contributed by atoms with Crippen molar-refractivity contribution in [2.75, 3.05) is 56.7 Å². The van der Waals surface area contributed by atoms with E-state index >= 15 is 0 Å². The van der Waals surface area contributed by atoms with Gasteiger partial charge in [0.25, 0.3) is 0 Å². The summed E-state index contributed by atoms with van der Waals surface area (Å²) in [6, 6.07) is 6.25. The Morgan fingerprint density at radius 2 is 1.95 bits per heavy atom. The molecule has 0 radical (unpaired) electrons. The molecule has 11 heteroatoms. The minimum atomic E-state index is -0.539. The van der Waals surface area contributed by atoms with E-state index in [9.17, 15) is 4.79 Å². The smallest absolute Gasteiger partial charge is 0.410 e. The first kappa shape index (κ1) is 26.4. The van der Waals surface area contributed by atoms with Gasteiger partial charge < -0.3 is 29.3 Å². The molecule has 1 atom stereocenters. The number of fused-ring (bicyclic) bond motifs is 1. The highest BCUT2D eigenvalue weighted by atomic mass is 32.1. The van der Waals surface area contributed by atoms with Crippen LogP contribution in [0.3, 0.4) is 0 Å². The molecule has 2 aromatic heterocycles. The number of likely N-dealkylation sites (tertiary alicyclic amines) is 1. The van der Waals surface area contributed by atoms with Crippen LogP contribution in [0.25, 0.3) is 20.8 Å². The molecular formula is C27H36N6O4S. The Morgan fingerprint density at radius 1 is 1.16 bits per heavy atom. The summed E-state index contributed by atoms with van der Waals surface area (Å²) in [4.78, 5) is 31.4. The van der Waals surface area contributed by atoms with Crippen molar-refractivity contribution in [3.8, 4) is 16.5 Å². The molecule has 0 saturated carbocycles. The second-order valence-electron chi connectivity index (χ2n) is 10.8. The van der Waals surface area contributed by atoms with E-state index in [1.54, 1.807) is 23.3 Å². The van der Waals surface area contributed by atoms with Crippen molar-refractivity contribution in [1.29, 1.82) is 0 Å². The zero-order valence-corrected chi connectivity index (χ0v) is 23.6. The number of piperidine rings is 1. The van der Waals surface area contributed by atoms with Gasteiger partial charge in [-0.1, -0.05) is 6.07 Å². The zero-order valence-electron chi connectivity index (χ0n) is 22.7. The number of thiazole rings is 1. The maximum atomic E-state index is 12.8. The number of rotatable bonds is 5. The lowest BCUT2D eigenvalue weighted by Crippen LogP contribution is -2.47. The number of hydrogen-bond acceptors (Lipinski definition) is 10. The Labute approximate surface area is 227 Å². The Bertz CT molecular complexity index is 1300. The van der Waals surface area contributed by atoms with E-state index in [-0.39, 0.29) is 12.1 Å². The van der Waals surface area contributed by atoms with Gasteiger partial charge in [-0.3, -0.25) is 0 Å². The van der Waals surface area contributed by atoms with Crippen molar-refractivity contribution < 1.29 is 19.0 Å². The highest BCUT2D eigenvalue weighted by Gasteiger charge is 2.30. The third kappa shape index (κ3) is 5.94. The first-order chi connectivity index (χ1) is 18.2. The lowest BCUT2D eigenvalue weighted by Gasteiger charge is -2.35. The fourth-order valence-electron chi connectivity index (χ4n) is 4.70. The number of carbonyl (C=O) groups is 1. The SMILES string of the molecule is COc1nc(N2CCOCC2)nc(N[C@@H]2CCCN(C(=O)OC(C)(C)C)C2)c1-c1nc2cc(C)ccc2s1. The number of methoxy groups -OCH3 is 1. The van der Waals surface area contributed by atoms with Crippen molar-refractivity contribution in [3.63, 3.8) is 0 Å². The van der Waals surface area contributed by atoms with Crippen molar-refractivity contribution in [1.82, 2.24) is 19.9 Å². The molecule has 0 aliphatic carbocycles. The molecule has 0 bridgehead atoms. The van der Waals surface area contributed by atoms with Gasteiger partial charge in [0.1, 0.15) is 22.0 Å². The summed E-state index contributed by atoms with van der Waals surface area (Å²) in [7, 11) is 1.63. The van der Waals surface area contributed by atoms with Crippen molar-refractivity contribution in [3.05, 3.63) is 23.8 Å². The van der Waals surface area contributed by atoms with Gasteiger partial charge in [0, 0.05) is 32.2 Å². The largest absolute Gasteiger partial charge is 0.480 e. The summed E-state index contributed by atoms with van der Waals surface area (Å²) >= 11 is 1.59. The molecule has 0 spiro atoms. The lowest BCUT2D eigenvalue weighted by atomic mass is 10.1. The van der Waals surface area contributed by atoms with Crippen LogP contribution in [0.5, 0.6) is 5.88 Å². The molecule has 2 saturated heterocycles. The highest BCUT2D eigenvalue weighted by Crippen LogP contribution is 2.41. The van der Waals surface area contributed by atoms with E-state index in [4.69, 9.17) is 29.2 Å². The second-order valence-corrected chi connectivity index (χ2v) is 11.8. The molecule has 10 nitrogen and oxygen atoms in total. The van der Waals surface area contributed by atoms with Crippen LogP contribution >= 0.6 is 11.3 Å². The number of benzene rings is 1.